The summed E-state index contributed by atoms with van der Waals surface area (Å²) in [5.74, 6) is 3.14. The summed E-state index contributed by atoms with van der Waals surface area (Å²) in [7, 11) is 1.63. The minimum Gasteiger partial charge on any atom is -0.481 e. The quantitative estimate of drug-likeness (QED) is 0.771. The van der Waals surface area contributed by atoms with E-state index >= 15 is 0 Å². The maximum Gasteiger partial charge on any atom is 0.251 e. The molecule has 0 aliphatic rings. The van der Waals surface area contributed by atoms with E-state index in [9.17, 15) is 4.79 Å². The van der Waals surface area contributed by atoms with E-state index in [4.69, 9.17) is 11.2 Å². The third-order valence-corrected chi connectivity index (χ3v) is 3.73. The summed E-state index contributed by atoms with van der Waals surface area (Å²) in [6.07, 6.45) is 5.18. The predicted molar refractivity (Wildman–Crippen MR) is 95.9 cm³/mol. The lowest BCUT2D eigenvalue weighted by Gasteiger charge is -2.15. The van der Waals surface area contributed by atoms with Gasteiger partial charge in [0.1, 0.15) is 12.4 Å². The summed E-state index contributed by atoms with van der Waals surface area (Å²) in [6.45, 7) is 3.05. The summed E-state index contributed by atoms with van der Waals surface area (Å²) in [4.78, 5) is 11.7. The first-order chi connectivity index (χ1) is 11.6. The molecule has 0 fully saturated rings. The van der Waals surface area contributed by atoms with Crippen LogP contribution in [-0.4, -0.2) is 19.6 Å². The van der Waals surface area contributed by atoms with Gasteiger partial charge in [0.05, 0.1) is 0 Å². The van der Waals surface area contributed by atoms with Crippen molar-refractivity contribution in [2.45, 2.75) is 19.5 Å². The van der Waals surface area contributed by atoms with Crippen LogP contribution in [0, 0.1) is 12.3 Å². The predicted octanol–water partition coefficient (Wildman–Crippen LogP) is 2.91. The Morgan fingerprint density at radius 3 is 2.67 bits per heavy atom. The molecule has 0 saturated heterocycles. The number of hydrogen-bond donors (Lipinski definition) is 2. The highest BCUT2D eigenvalue weighted by Crippen LogP contribution is 2.18. The topological polar surface area (TPSA) is 50.4 Å². The van der Waals surface area contributed by atoms with E-state index in [1.165, 1.54) is 0 Å². The third kappa shape index (κ3) is 4.87. The lowest BCUT2D eigenvalue weighted by atomic mass is 10.1. The fourth-order valence-corrected chi connectivity index (χ4v) is 2.33. The summed E-state index contributed by atoms with van der Waals surface area (Å²) in [6, 6.07) is 15.6. The molecule has 0 radical (unpaired) electrons. The second-order valence-corrected chi connectivity index (χ2v) is 5.44. The molecule has 4 nitrogen and oxygen atoms in total. The zero-order valence-electron chi connectivity index (χ0n) is 14.0. The molecule has 2 N–H and O–H groups in total. The molecule has 2 rings (SSSR count). The van der Waals surface area contributed by atoms with Gasteiger partial charge in [-0.3, -0.25) is 4.79 Å². The SMILES string of the molecule is C#CCOc1ccc([C@@H](C)NCc2cccc(C(=O)NC)c2)cc1. The molecular weight excluding hydrogens is 300 g/mol. The summed E-state index contributed by atoms with van der Waals surface area (Å²) in [5.41, 5.74) is 2.89. The van der Waals surface area contributed by atoms with Crippen molar-refractivity contribution in [1.82, 2.24) is 10.6 Å². The van der Waals surface area contributed by atoms with Gasteiger partial charge in [-0.25, -0.2) is 0 Å². The van der Waals surface area contributed by atoms with Gasteiger partial charge in [-0.2, -0.15) is 0 Å². The van der Waals surface area contributed by atoms with Gasteiger partial charge in [0.15, 0.2) is 0 Å². The van der Waals surface area contributed by atoms with Gasteiger partial charge >= 0.3 is 0 Å². The van der Waals surface area contributed by atoms with Crippen molar-refractivity contribution in [3.8, 4) is 18.1 Å². The minimum atomic E-state index is -0.0764. The van der Waals surface area contributed by atoms with E-state index in [1.807, 2.05) is 42.5 Å². The van der Waals surface area contributed by atoms with Crippen LogP contribution in [0.2, 0.25) is 0 Å². The number of carbonyl (C=O) groups excluding carboxylic acids is 1. The molecule has 124 valence electrons. The molecule has 0 aliphatic heterocycles. The Bertz CT molecular complexity index is 717. The number of terminal acetylenes is 1. The van der Waals surface area contributed by atoms with Gasteiger partial charge in [-0.1, -0.05) is 30.2 Å². The molecular formula is C20H22N2O2. The van der Waals surface area contributed by atoms with Gasteiger partial charge in [-0.05, 0) is 42.3 Å². The maximum absolute atomic E-state index is 11.7. The molecule has 0 heterocycles. The van der Waals surface area contributed by atoms with Crippen LogP contribution in [0.3, 0.4) is 0 Å². The van der Waals surface area contributed by atoms with Crippen molar-refractivity contribution in [2.24, 2.45) is 0 Å². The van der Waals surface area contributed by atoms with Crippen molar-refractivity contribution in [1.29, 1.82) is 0 Å². The number of benzene rings is 2. The molecule has 0 unspecified atom stereocenters. The lowest BCUT2D eigenvalue weighted by molar-refractivity contribution is 0.0963. The van der Waals surface area contributed by atoms with Crippen molar-refractivity contribution < 1.29 is 9.53 Å². The second kappa shape index (κ2) is 8.76. The molecule has 0 aromatic heterocycles. The first kappa shape index (κ1) is 17.6. The summed E-state index contributed by atoms with van der Waals surface area (Å²) in [5, 5.41) is 6.09. The number of ether oxygens (including phenoxy) is 1. The Kier molecular flexibility index (Phi) is 6.41. The fourth-order valence-electron chi connectivity index (χ4n) is 2.33. The molecule has 0 spiro atoms. The fraction of sp³-hybridized carbons (Fsp3) is 0.250. The lowest BCUT2D eigenvalue weighted by Crippen LogP contribution is -2.20. The third-order valence-electron chi connectivity index (χ3n) is 3.73. The number of amides is 1. The minimum absolute atomic E-state index is 0.0764. The van der Waals surface area contributed by atoms with Gasteiger partial charge < -0.3 is 15.4 Å². The van der Waals surface area contributed by atoms with E-state index in [-0.39, 0.29) is 18.6 Å². The molecule has 0 bridgehead atoms. The van der Waals surface area contributed by atoms with Crippen LogP contribution in [0.25, 0.3) is 0 Å². The van der Waals surface area contributed by atoms with Crippen molar-refractivity contribution >= 4 is 5.91 Å². The smallest absolute Gasteiger partial charge is 0.251 e. The van der Waals surface area contributed by atoms with Crippen LogP contribution in [-0.2, 0) is 6.54 Å². The van der Waals surface area contributed by atoms with Crippen LogP contribution in [0.4, 0.5) is 0 Å². The number of hydrogen-bond acceptors (Lipinski definition) is 3. The van der Waals surface area contributed by atoms with E-state index in [0.29, 0.717) is 12.1 Å². The molecule has 2 aromatic carbocycles. The van der Waals surface area contributed by atoms with Crippen molar-refractivity contribution in [3.05, 3.63) is 65.2 Å². The van der Waals surface area contributed by atoms with Crippen LogP contribution in [0.1, 0.15) is 34.5 Å². The Balaban J connectivity index is 1.94. The average molecular weight is 322 g/mol. The largest absolute Gasteiger partial charge is 0.481 e. The average Bonchev–Trinajstić information content (AvgIpc) is 2.64. The molecule has 4 heteroatoms. The second-order valence-electron chi connectivity index (χ2n) is 5.44. The van der Waals surface area contributed by atoms with E-state index in [1.54, 1.807) is 13.1 Å². The Morgan fingerprint density at radius 1 is 1.25 bits per heavy atom. The number of nitrogens with one attached hydrogen (secondary N) is 2. The molecule has 0 aliphatic carbocycles. The highest BCUT2D eigenvalue weighted by atomic mass is 16.5. The Morgan fingerprint density at radius 2 is 2.00 bits per heavy atom. The van der Waals surface area contributed by atoms with Crippen molar-refractivity contribution in [3.63, 3.8) is 0 Å². The van der Waals surface area contributed by atoms with Crippen LogP contribution in [0.15, 0.2) is 48.5 Å². The van der Waals surface area contributed by atoms with Gasteiger partial charge in [0.25, 0.3) is 5.91 Å². The van der Waals surface area contributed by atoms with Gasteiger partial charge in [0.2, 0.25) is 0 Å². The summed E-state index contributed by atoms with van der Waals surface area (Å²) >= 11 is 0. The summed E-state index contributed by atoms with van der Waals surface area (Å²) < 4.78 is 5.37. The molecule has 24 heavy (non-hydrogen) atoms. The number of rotatable bonds is 7. The highest BCUT2D eigenvalue weighted by molar-refractivity contribution is 5.94. The highest BCUT2D eigenvalue weighted by Gasteiger charge is 2.07. The van der Waals surface area contributed by atoms with Gasteiger partial charge in [-0.15, -0.1) is 6.42 Å². The first-order valence-electron chi connectivity index (χ1n) is 7.84. The molecule has 0 saturated carbocycles. The standard InChI is InChI=1S/C20H22N2O2/c1-4-12-24-19-10-8-17(9-11-19)15(2)22-14-16-6-5-7-18(13-16)20(23)21-3/h1,5-11,13,15,22H,12,14H2,2-3H3,(H,21,23)/t15-/m1/s1. The van der Waals surface area contributed by atoms with Crippen LogP contribution < -0.4 is 15.4 Å². The normalized spacial score (nSPS) is 11.4. The van der Waals surface area contributed by atoms with Crippen LogP contribution >= 0.6 is 0 Å². The molecule has 1 atom stereocenters. The zero-order chi connectivity index (χ0) is 17.4. The zero-order valence-corrected chi connectivity index (χ0v) is 14.0. The van der Waals surface area contributed by atoms with Crippen molar-refractivity contribution in [2.75, 3.05) is 13.7 Å². The van der Waals surface area contributed by atoms with E-state index in [2.05, 4.69) is 23.5 Å². The van der Waals surface area contributed by atoms with Crippen LogP contribution in [0.5, 0.6) is 5.75 Å². The molecule has 1 amide bonds. The van der Waals surface area contributed by atoms with E-state index < -0.39 is 0 Å². The number of carbonyl (C=O) groups is 1. The Hall–Kier alpha value is -2.77. The van der Waals surface area contributed by atoms with E-state index in [0.717, 1.165) is 16.9 Å². The first-order valence-corrected chi connectivity index (χ1v) is 7.84. The monoisotopic (exact) mass is 322 g/mol. The molecule has 2 aromatic rings. The Labute approximate surface area is 143 Å². The maximum atomic E-state index is 11.7. The van der Waals surface area contributed by atoms with Gasteiger partial charge in [0, 0.05) is 25.2 Å².